The monoisotopic (exact) mass is 286 g/mol. The number of carboxylic acid groups (broad SMARTS) is 1. The molecule has 0 aliphatic carbocycles. The largest absolute Gasteiger partial charge is 0.479 e. The molecule has 0 aliphatic heterocycles. The number of hydrogen-bond donors (Lipinski definition) is 1. The summed E-state index contributed by atoms with van der Waals surface area (Å²) in [7, 11) is 0. The van der Waals surface area contributed by atoms with Gasteiger partial charge in [-0.1, -0.05) is 35.0 Å². The van der Waals surface area contributed by atoms with E-state index in [1.54, 1.807) is 13.8 Å². The first-order valence-electron chi connectivity index (χ1n) is 5.10. The van der Waals surface area contributed by atoms with E-state index in [1.165, 1.54) is 0 Å². The first-order valence-corrected chi connectivity index (χ1v) is 5.89. The normalized spacial score (nSPS) is 14.4. The maximum atomic E-state index is 11.0. The summed E-state index contributed by atoms with van der Waals surface area (Å²) in [6.07, 6.45) is 0.441. The van der Waals surface area contributed by atoms with Crippen molar-refractivity contribution in [3.05, 3.63) is 34.3 Å². The smallest absolute Gasteiger partial charge is 0.335 e. The third kappa shape index (κ3) is 3.32. The number of benzene rings is 1. The van der Waals surface area contributed by atoms with Crippen molar-refractivity contribution in [1.82, 2.24) is 0 Å². The molecule has 0 aromatic heterocycles. The Morgan fingerprint density at radius 1 is 1.56 bits per heavy atom. The van der Waals surface area contributed by atoms with Gasteiger partial charge in [0.05, 0.1) is 6.61 Å². The van der Waals surface area contributed by atoms with E-state index in [2.05, 4.69) is 15.9 Å². The highest BCUT2D eigenvalue weighted by molar-refractivity contribution is 9.10. The standard InChI is InChI=1S/C12H15BrO3/c1-3-12(2,11(14)15)16-8-9-5-4-6-10(13)7-9/h4-7H,3,8H2,1-2H3,(H,14,15). The summed E-state index contributed by atoms with van der Waals surface area (Å²) in [5.41, 5.74) is -0.155. The Balaban J connectivity index is 2.66. The molecule has 0 radical (unpaired) electrons. The molecule has 88 valence electrons. The van der Waals surface area contributed by atoms with Crippen LogP contribution in [0.1, 0.15) is 25.8 Å². The Bertz CT molecular complexity index is 378. The van der Waals surface area contributed by atoms with E-state index in [0.717, 1.165) is 10.0 Å². The van der Waals surface area contributed by atoms with Crippen molar-refractivity contribution >= 4 is 21.9 Å². The molecule has 1 rings (SSSR count). The Hall–Kier alpha value is -0.870. The van der Waals surface area contributed by atoms with Crippen molar-refractivity contribution in [3.63, 3.8) is 0 Å². The molecule has 1 aromatic rings. The van der Waals surface area contributed by atoms with Crippen LogP contribution in [0, 0.1) is 0 Å². The zero-order valence-corrected chi connectivity index (χ0v) is 11.0. The van der Waals surface area contributed by atoms with Gasteiger partial charge in [-0.15, -0.1) is 0 Å². The first kappa shape index (κ1) is 13.2. The highest BCUT2D eigenvalue weighted by atomic mass is 79.9. The zero-order valence-electron chi connectivity index (χ0n) is 9.37. The lowest BCUT2D eigenvalue weighted by Gasteiger charge is -2.23. The van der Waals surface area contributed by atoms with Crippen LogP contribution in [-0.2, 0) is 16.1 Å². The summed E-state index contributed by atoms with van der Waals surface area (Å²) < 4.78 is 6.42. The lowest BCUT2D eigenvalue weighted by Crippen LogP contribution is -2.37. The van der Waals surface area contributed by atoms with Gasteiger partial charge in [0, 0.05) is 4.47 Å². The summed E-state index contributed by atoms with van der Waals surface area (Å²) in [6.45, 7) is 3.69. The topological polar surface area (TPSA) is 46.5 Å². The molecule has 0 aliphatic rings. The van der Waals surface area contributed by atoms with Crippen LogP contribution in [0.4, 0.5) is 0 Å². The molecule has 0 amide bonds. The molecule has 0 heterocycles. The van der Waals surface area contributed by atoms with Gasteiger partial charge in [0.1, 0.15) is 0 Å². The van der Waals surface area contributed by atoms with E-state index in [-0.39, 0.29) is 0 Å². The minimum Gasteiger partial charge on any atom is -0.479 e. The van der Waals surface area contributed by atoms with Gasteiger partial charge >= 0.3 is 5.97 Å². The second-order valence-electron chi connectivity index (χ2n) is 3.81. The maximum Gasteiger partial charge on any atom is 0.335 e. The van der Waals surface area contributed by atoms with Gasteiger partial charge in [0.25, 0.3) is 0 Å². The summed E-state index contributed by atoms with van der Waals surface area (Å²) in [6, 6.07) is 7.63. The Morgan fingerprint density at radius 3 is 2.75 bits per heavy atom. The van der Waals surface area contributed by atoms with E-state index in [1.807, 2.05) is 24.3 Å². The van der Waals surface area contributed by atoms with E-state index in [0.29, 0.717) is 13.0 Å². The van der Waals surface area contributed by atoms with Crippen LogP contribution >= 0.6 is 15.9 Å². The molecule has 0 saturated carbocycles. The quantitative estimate of drug-likeness (QED) is 0.904. The average molecular weight is 287 g/mol. The Kier molecular flexibility index (Phi) is 4.50. The van der Waals surface area contributed by atoms with Gasteiger partial charge in [-0.2, -0.15) is 0 Å². The van der Waals surface area contributed by atoms with Crippen LogP contribution in [0.3, 0.4) is 0 Å². The number of carboxylic acids is 1. The molecule has 0 bridgehead atoms. The van der Waals surface area contributed by atoms with Crippen molar-refractivity contribution in [3.8, 4) is 0 Å². The van der Waals surface area contributed by atoms with Gasteiger partial charge in [0.15, 0.2) is 5.60 Å². The maximum absolute atomic E-state index is 11.0. The van der Waals surface area contributed by atoms with E-state index < -0.39 is 11.6 Å². The molecule has 0 fully saturated rings. The molecule has 1 unspecified atom stereocenters. The van der Waals surface area contributed by atoms with Crippen LogP contribution in [0.25, 0.3) is 0 Å². The fourth-order valence-corrected chi connectivity index (χ4v) is 1.63. The molecular formula is C12H15BrO3. The number of carbonyl (C=O) groups is 1. The summed E-state index contributed by atoms with van der Waals surface area (Å²) in [5.74, 6) is -0.926. The fourth-order valence-electron chi connectivity index (χ4n) is 1.18. The third-order valence-electron chi connectivity index (χ3n) is 2.57. The average Bonchev–Trinajstić information content (AvgIpc) is 2.26. The van der Waals surface area contributed by atoms with E-state index >= 15 is 0 Å². The predicted octanol–water partition coefficient (Wildman–Crippen LogP) is 3.22. The van der Waals surface area contributed by atoms with Crippen LogP contribution in [-0.4, -0.2) is 16.7 Å². The van der Waals surface area contributed by atoms with Crippen molar-refractivity contribution in [2.45, 2.75) is 32.5 Å². The molecule has 1 N–H and O–H groups in total. The second-order valence-corrected chi connectivity index (χ2v) is 4.72. The van der Waals surface area contributed by atoms with Crippen molar-refractivity contribution in [2.75, 3.05) is 0 Å². The first-order chi connectivity index (χ1) is 7.48. The summed E-state index contributed by atoms with van der Waals surface area (Å²) in [4.78, 5) is 11.0. The Morgan fingerprint density at radius 2 is 2.25 bits per heavy atom. The Labute approximate surface area is 104 Å². The van der Waals surface area contributed by atoms with E-state index in [4.69, 9.17) is 9.84 Å². The van der Waals surface area contributed by atoms with Gasteiger partial charge in [-0.05, 0) is 31.0 Å². The minimum absolute atomic E-state index is 0.302. The SMILES string of the molecule is CCC(C)(OCc1cccc(Br)c1)C(=O)O. The highest BCUT2D eigenvalue weighted by Crippen LogP contribution is 2.19. The van der Waals surface area contributed by atoms with Crippen LogP contribution in [0.15, 0.2) is 28.7 Å². The van der Waals surface area contributed by atoms with Crippen LogP contribution in [0.5, 0.6) is 0 Å². The van der Waals surface area contributed by atoms with Crippen molar-refractivity contribution in [1.29, 1.82) is 0 Å². The third-order valence-corrected chi connectivity index (χ3v) is 3.07. The van der Waals surface area contributed by atoms with E-state index in [9.17, 15) is 4.79 Å². The number of halogens is 1. The minimum atomic E-state index is -1.11. The molecule has 16 heavy (non-hydrogen) atoms. The molecule has 0 spiro atoms. The summed E-state index contributed by atoms with van der Waals surface area (Å²) >= 11 is 3.36. The van der Waals surface area contributed by atoms with Gasteiger partial charge in [0.2, 0.25) is 0 Å². The van der Waals surface area contributed by atoms with Crippen LogP contribution in [0.2, 0.25) is 0 Å². The summed E-state index contributed by atoms with van der Waals surface area (Å²) in [5, 5.41) is 9.03. The number of aliphatic carboxylic acids is 1. The molecular weight excluding hydrogens is 272 g/mol. The van der Waals surface area contributed by atoms with Crippen LogP contribution < -0.4 is 0 Å². The molecule has 1 atom stereocenters. The lowest BCUT2D eigenvalue weighted by atomic mass is 10.0. The molecule has 0 saturated heterocycles. The van der Waals surface area contributed by atoms with Gasteiger partial charge in [-0.3, -0.25) is 0 Å². The number of rotatable bonds is 5. The molecule has 4 heteroatoms. The predicted molar refractivity (Wildman–Crippen MR) is 65.3 cm³/mol. The van der Waals surface area contributed by atoms with Gasteiger partial charge < -0.3 is 9.84 Å². The number of ether oxygens (including phenoxy) is 1. The lowest BCUT2D eigenvalue weighted by molar-refractivity contribution is -0.165. The number of hydrogen-bond acceptors (Lipinski definition) is 2. The van der Waals surface area contributed by atoms with Crippen molar-refractivity contribution < 1.29 is 14.6 Å². The van der Waals surface area contributed by atoms with Crippen molar-refractivity contribution in [2.24, 2.45) is 0 Å². The highest BCUT2D eigenvalue weighted by Gasteiger charge is 2.31. The zero-order chi connectivity index (χ0) is 12.2. The molecule has 1 aromatic carbocycles. The fraction of sp³-hybridized carbons (Fsp3) is 0.417. The molecule has 3 nitrogen and oxygen atoms in total. The van der Waals surface area contributed by atoms with Gasteiger partial charge in [-0.25, -0.2) is 4.79 Å². The second kappa shape index (κ2) is 5.46.